The van der Waals surface area contributed by atoms with Crippen LogP contribution in [0.2, 0.25) is 0 Å². The second-order valence-corrected chi connectivity index (χ2v) is 5.68. The molecule has 0 saturated heterocycles. The molecule has 0 fully saturated rings. The first-order valence-electron chi connectivity index (χ1n) is 6.65. The summed E-state index contributed by atoms with van der Waals surface area (Å²) in [5.74, 6) is -0.545. The molecule has 2 rings (SSSR count). The molecule has 0 saturated carbocycles. The summed E-state index contributed by atoms with van der Waals surface area (Å²) in [6.45, 7) is 1.85. The van der Waals surface area contributed by atoms with E-state index >= 15 is 0 Å². The van der Waals surface area contributed by atoms with Gasteiger partial charge >= 0.3 is 5.97 Å². The lowest BCUT2D eigenvalue weighted by Crippen LogP contribution is -2.41. The van der Waals surface area contributed by atoms with Gasteiger partial charge in [-0.1, -0.05) is 6.92 Å². The van der Waals surface area contributed by atoms with Gasteiger partial charge in [0.15, 0.2) is 0 Å². The Bertz CT molecular complexity index is 481. The summed E-state index contributed by atoms with van der Waals surface area (Å²) in [4.78, 5) is 25.1. The summed E-state index contributed by atoms with van der Waals surface area (Å²) in [5.41, 5.74) is 1.91. The molecule has 1 atom stereocenters. The maximum Gasteiger partial charge on any atom is 0.328 e. The largest absolute Gasteiger partial charge is 0.467 e. The Morgan fingerprint density at radius 1 is 1.42 bits per heavy atom. The number of amides is 1. The minimum atomic E-state index is -0.559. The Hall–Kier alpha value is -1.36. The third kappa shape index (κ3) is 2.97. The number of rotatable bonds is 4. The van der Waals surface area contributed by atoms with Crippen molar-refractivity contribution < 1.29 is 14.3 Å². The summed E-state index contributed by atoms with van der Waals surface area (Å²) >= 11 is 1.65. The van der Waals surface area contributed by atoms with Gasteiger partial charge in [-0.2, -0.15) is 0 Å². The number of fused-ring (bicyclic) bond motifs is 1. The molecule has 4 nitrogen and oxygen atoms in total. The molecule has 104 valence electrons. The van der Waals surface area contributed by atoms with Crippen molar-refractivity contribution in [3.63, 3.8) is 0 Å². The summed E-state index contributed by atoms with van der Waals surface area (Å²) < 4.78 is 4.68. The molecule has 0 bridgehead atoms. The zero-order chi connectivity index (χ0) is 13.8. The highest BCUT2D eigenvalue weighted by molar-refractivity contribution is 7.10. The molecule has 0 aromatic carbocycles. The predicted octanol–water partition coefficient (Wildman–Crippen LogP) is 2.31. The van der Waals surface area contributed by atoms with Crippen molar-refractivity contribution in [2.75, 3.05) is 7.11 Å². The molecule has 0 spiro atoms. The van der Waals surface area contributed by atoms with Gasteiger partial charge in [0.1, 0.15) is 6.04 Å². The number of carbonyl (C=O) groups excluding carboxylic acids is 2. The summed E-state index contributed by atoms with van der Waals surface area (Å²) in [6.07, 6.45) is 4.91. The van der Waals surface area contributed by atoms with E-state index in [1.165, 1.54) is 24.0 Å². The van der Waals surface area contributed by atoms with Crippen LogP contribution in [0, 0.1) is 0 Å². The van der Waals surface area contributed by atoms with Crippen molar-refractivity contribution in [2.45, 2.75) is 45.1 Å². The number of thiophene rings is 1. The van der Waals surface area contributed by atoms with Gasteiger partial charge < -0.3 is 10.1 Å². The number of hydrogen-bond acceptors (Lipinski definition) is 4. The molecule has 1 amide bonds. The highest BCUT2D eigenvalue weighted by Crippen LogP contribution is 2.30. The molecule has 1 aliphatic rings. The van der Waals surface area contributed by atoms with E-state index in [2.05, 4.69) is 10.1 Å². The number of ether oxygens (including phenoxy) is 1. The maximum absolute atomic E-state index is 12.3. The van der Waals surface area contributed by atoms with Crippen LogP contribution in [-0.2, 0) is 22.4 Å². The van der Waals surface area contributed by atoms with Crippen LogP contribution in [0.25, 0.3) is 0 Å². The quantitative estimate of drug-likeness (QED) is 0.862. The van der Waals surface area contributed by atoms with Crippen molar-refractivity contribution in [1.82, 2.24) is 5.32 Å². The highest BCUT2D eigenvalue weighted by atomic mass is 32.1. The van der Waals surface area contributed by atoms with Gasteiger partial charge in [0.25, 0.3) is 5.91 Å². The second kappa shape index (κ2) is 6.19. The van der Waals surface area contributed by atoms with Crippen LogP contribution in [0.4, 0.5) is 0 Å². The molecular formula is C14H19NO3S. The molecule has 1 heterocycles. The van der Waals surface area contributed by atoms with Gasteiger partial charge in [0, 0.05) is 10.3 Å². The second-order valence-electron chi connectivity index (χ2n) is 4.72. The zero-order valence-corrected chi connectivity index (χ0v) is 12.1. The molecule has 19 heavy (non-hydrogen) atoms. The fourth-order valence-electron chi connectivity index (χ4n) is 2.39. The molecule has 0 aliphatic heterocycles. The third-order valence-corrected chi connectivity index (χ3v) is 4.59. The fourth-order valence-corrected chi connectivity index (χ4v) is 3.52. The van der Waals surface area contributed by atoms with Crippen molar-refractivity contribution in [3.8, 4) is 0 Å². The summed E-state index contributed by atoms with van der Waals surface area (Å²) in [7, 11) is 1.34. The van der Waals surface area contributed by atoms with Gasteiger partial charge in [0.2, 0.25) is 0 Å². The Labute approximate surface area is 117 Å². The zero-order valence-electron chi connectivity index (χ0n) is 11.3. The minimum absolute atomic E-state index is 0.156. The van der Waals surface area contributed by atoms with Crippen LogP contribution < -0.4 is 5.32 Å². The van der Waals surface area contributed by atoms with Gasteiger partial charge in [0.05, 0.1) is 12.7 Å². The molecule has 1 N–H and O–H groups in total. The van der Waals surface area contributed by atoms with E-state index in [9.17, 15) is 9.59 Å². The van der Waals surface area contributed by atoms with E-state index in [0.717, 1.165) is 24.8 Å². The van der Waals surface area contributed by atoms with E-state index in [0.29, 0.717) is 6.42 Å². The molecule has 1 aliphatic carbocycles. The Morgan fingerprint density at radius 3 is 2.84 bits per heavy atom. The fraction of sp³-hybridized carbons (Fsp3) is 0.571. The van der Waals surface area contributed by atoms with Gasteiger partial charge in [-0.05, 0) is 37.7 Å². The van der Waals surface area contributed by atoms with Crippen LogP contribution in [0.3, 0.4) is 0 Å². The molecule has 1 aromatic rings. The first-order valence-corrected chi connectivity index (χ1v) is 7.53. The van der Waals surface area contributed by atoms with Crippen LogP contribution in [0.5, 0.6) is 0 Å². The van der Waals surface area contributed by atoms with E-state index in [1.807, 2.05) is 12.3 Å². The van der Waals surface area contributed by atoms with E-state index in [-0.39, 0.29) is 11.9 Å². The lowest BCUT2D eigenvalue weighted by atomic mass is 9.95. The van der Waals surface area contributed by atoms with Crippen LogP contribution >= 0.6 is 11.3 Å². The van der Waals surface area contributed by atoms with E-state index in [4.69, 9.17) is 0 Å². The summed E-state index contributed by atoms with van der Waals surface area (Å²) in [6, 6.07) is -0.559. The lowest BCUT2D eigenvalue weighted by molar-refractivity contribution is -0.142. The number of nitrogens with one attached hydrogen (secondary N) is 1. The number of esters is 1. The monoisotopic (exact) mass is 281 g/mol. The SMILES string of the molecule is CCC(NC(=O)c1csc2c1CCCC2)C(=O)OC. The molecule has 0 radical (unpaired) electrons. The van der Waals surface area contributed by atoms with Gasteiger partial charge in [-0.25, -0.2) is 4.79 Å². The van der Waals surface area contributed by atoms with Crippen LogP contribution in [0.15, 0.2) is 5.38 Å². The number of carbonyl (C=O) groups is 2. The normalized spacial score (nSPS) is 15.5. The average Bonchev–Trinajstić information content (AvgIpc) is 2.87. The first kappa shape index (κ1) is 14.1. The van der Waals surface area contributed by atoms with E-state index in [1.54, 1.807) is 11.3 Å². The number of methoxy groups -OCH3 is 1. The number of aryl methyl sites for hydroxylation is 1. The maximum atomic E-state index is 12.3. The first-order chi connectivity index (χ1) is 9.17. The highest BCUT2D eigenvalue weighted by Gasteiger charge is 2.24. The lowest BCUT2D eigenvalue weighted by Gasteiger charge is -2.16. The van der Waals surface area contributed by atoms with Crippen molar-refractivity contribution >= 4 is 23.2 Å². The predicted molar refractivity (Wildman–Crippen MR) is 74.5 cm³/mol. The van der Waals surface area contributed by atoms with Crippen molar-refractivity contribution in [1.29, 1.82) is 0 Å². The Morgan fingerprint density at radius 2 is 2.16 bits per heavy atom. The molecular weight excluding hydrogens is 262 g/mol. The van der Waals surface area contributed by atoms with Crippen molar-refractivity contribution in [2.24, 2.45) is 0 Å². The van der Waals surface area contributed by atoms with Crippen LogP contribution in [0.1, 0.15) is 47.0 Å². The standard InChI is InChI=1S/C14H19NO3S/c1-3-11(14(17)18-2)15-13(16)10-8-19-12-7-5-4-6-9(10)12/h8,11H,3-7H2,1-2H3,(H,15,16). The van der Waals surface area contributed by atoms with Gasteiger partial charge in [-0.15, -0.1) is 11.3 Å². The van der Waals surface area contributed by atoms with Crippen LogP contribution in [-0.4, -0.2) is 25.0 Å². The molecule has 1 unspecified atom stereocenters. The minimum Gasteiger partial charge on any atom is -0.467 e. The molecule has 1 aromatic heterocycles. The third-order valence-electron chi connectivity index (χ3n) is 3.51. The van der Waals surface area contributed by atoms with E-state index < -0.39 is 6.04 Å². The topological polar surface area (TPSA) is 55.4 Å². The Balaban J connectivity index is 2.11. The Kier molecular flexibility index (Phi) is 4.58. The smallest absolute Gasteiger partial charge is 0.328 e. The average molecular weight is 281 g/mol. The van der Waals surface area contributed by atoms with Crippen molar-refractivity contribution in [3.05, 3.63) is 21.4 Å². The number of hydrogen-bond donors (Lipinski definition) is 1. The summed E-state index contributed by atoms with van der Waals surface area (Å²) in [5, 5.41) is 4.68. The van der Waals surface area contributed by atoms with Gasteiger partial charge in [-0.3, -0.25) is 4.79 Å². The molecule has 5 heteroatoms.